The normalized spacial score (nSPS) is 18.1. The summed E-state index contributed by atoms with van der Waals surface area (Å²) in [4.78, 5) is 30.2. The second-order valence-electron chi connectivity index (χ2n) is 9.49. The van der Waals surface area contributed by atoms with Crippen LogP contribution in [0.2, 0.25) is 0 Å². The number of benzene rings is 1. The number of hydrogen-bond donors (Lipinski definition) is 2. The van der Waals surface area contributed by atoms with E-state index < -0.39 is 52.6 Å². The first kappa shape index (κ1) is 26.3. The fourth-order valence-electron chi connectivity index (χ4n) is 4.43. The standard InChI is InChI=1S/C24H25F5N6O2/c1-11(2)4-20(36)34-8-17(26)18(9-34)33-23(37)14-6-13(12(3)5-16(14)25)19-7-15(24(27,28)29)21-22(30)31-10-32-35(19)21/h5-7,10-11,17-18H,4,8-9H2,1-3H3,(H,33,37)(H2,30,31,32)/t17-,18+/m0/s1. The lowest BCUT2D eigenvalue weighted by Gasteiger charge is -2.18. The number of alkyl halides is 4. The van der Waals surface area contributed by atoms with Crippen molar-refractivity contribution in [1.29, 1.82) is 0 Å². The zero-order valence-corrected chi connectivity index (χ0v) is 20.2. The van der Waals surface area contributed by atoms with Gasteiger partial charge in [-0.25, -0.2) is 18.3 Å². The molecule has 1 aliphatic heterocycles. The quantitative estimate of drug-likeness (QED) is 0.495. The van der Waals surface area contributed by atoms with Gasteiger partial charge in [0.2, 0.25) is 5.91 Å². The van der Waals surface area contributed by atoms with E-state index >= 15 is 0 Å². The molecule has 0 spiro atoms. The number of halogens is 5. The highest BCUT2D eigenvalue weighted by Crippen LogP contribution is 2.39. The van der Waals surface area contributed by atoms with Gasteiger partial charge in [-0.15, -0.1) is 0 Å². The number of rotatable bonds is 5. The summed E-state index contributed by atoms with van der Waals surface area (Å²) in [6, 6.07) is 1.83. The van der Waals surface area contributed by atoms with E-state index in [1.165, 1.54) is 11.8 Å². The maximum Gasteiger partial charge on any atom is 0.418 e. The van der Waals surface area contributed by atoms with E-state index in [2.05, 4.69) is 15.4 Å². The van der Waals surface area contributed by atoms with Gasteiger partial charge in [0.15, 0.2) is 5.82 Å². The van der Waals surface area contributed by atoms with Gasteiger partial charge in [-0.05, 0) is 36.6 Å². The van der Waals surface area contributed by atoms with Crippen LogP contribution in [0.15, 0.2) is 24.5 Å². The summed E-state index contributed by atoms with van der Waals surface area (Å²) in [6.07, 6.45) is -5.14. The first-order valence-electron chi connectivity index (χ1n) is 11.5. The molecule has 8 nitrogen and oxygen atoms in total. The van der Waals surface area contributed by atoms with Gasteiger partial charge in [-0.1, -0.05) is 13.8 Å². The Morgan fingerprint density at radius 2 is 1.92 bits per heavy atom. The van der Waals surface area contributed by atoms with E-state index in [-0.39, 0.29) is 48.2 Å². The molecule has 1 aromatic carbocycles. The molecule has 2 atom stereocenters. The molecule has 4 rings (SSSR count). The van der Waals surface area contributed by atoms with Gasteiger partial charge in [0.1, 0.15) is 23.8 Å². The Morgan fingerprint density at radius 1 is 1.22 bits per heavy atom. The second kappa shape index (κ2) is 9.60. The number of likely N-dealkylation sites (tertiary alicyclic amines) is 1. The van der Waals surface area contributed by atoms with Gasteiger partial charge >= 0.3 is 6.18 Å². The molecule has 3 aromatic rings. The number of hydrogen-bond acceptors (Lipinski definition) is 5. The monoisotopic (exact) mass is 524 g/mol. The molecule has 0 bridgehead atoms. The van der Waals surface area contributed by atoms with Crippen LogP contribution in [0.1, 0.15) is 41.8 Å². The Balaban J connectivity index is 1.68. The molecule has 0 aliphatic carbocycles. The van der Waals surface area contributed by atoms with Gasteiger partial charge in [0.05, 0.1) is 29.4 Å². The van der Waals surface area contributed by atoms with Gasteiger partial charge in [-0.3, -0.25) is 9.59 Å². The third-order valence-corrected chi connectivity index (χ3v) is 6.22. The Bertz CT molecular complexity index is 1370. The maximum atomic E-state index is 14.8. The number of aryl methyl sites for hydroxylation is 1. The Kier molecular flexibility index (Phi) is 6.82. The second-order valence-corrected chi connectivity index (χ2v) is 9.49. The molecule has 2 aromatic heterocycles. The highest BCUT2D eigenvalue weighted by atomic mass is 19.4. The van der Waals surface area contributed by atoms with Crippen molar-refractivity contribution in [3.8, 4) is 11.3 Å². The summed E-state index contributed by atoms with van der Waals surface area (Å²) in [6.45, 7) is 4.89. The Morgan fingerprint density at radius 3 is 2.57 bits per heavy atom. The molecule has 0 saturated carbocycles. The third-order valence-electron chi connectivity index (χ3n) is 6.22. The highest BCUT2D eigenvalue weighted by Gasteiger charge is 2.38. The van der Waals surface area contributed by atoms with Gasteiger partial charge in [0.25, 0.3) is 5.91 Å². The number of anilines is 1. The number of nitrogens with zero attached hydrogens (tertiary/aromatic N) is 4. The summed E-state index contributed by atoms with van der Waals surface area (Å²) in [5, 5.41) is 6.29. The molecular weight excluding hydrogens is 499 g/mol. The van der Waals surface area contributed by atoms with Crippen molar-refractivity contribution in [1.82, 2.24) is 24.8 Å². The summed E-state index contributed by atoms with van der Waals surface area (Å²) < 4.78 is 71.5. The van der Waals surface area contributed by atoms with Crippen LogP contribution < -0.4 is 11.1 Å². The Labute approximate surface area is 208 Å². The molecule has 0 unspecified atom stereocenters. The van der Waals surface area contributed by atoms with Crippen LogP contribution in [-0.4, -0.2) is 56.6 Å². The molecule has 13 heteroatoms. The summed E-state index contributed by atoms with van der Waals surface area (Å²) in [5.74, 6) is -2.48. The minimum atomic E-state index is -4.78. The van der Waals surface area contributed by atoms with E-state index in [0.717, 1.165) is 29.0 Å². The summed E-state index contributed by atoms with van der Waals surface area (Å²) >= 11 is 0. The van der Waals surface area contributed by atoms with E-state index in [0.29, 0.717) is 0 Å². The molecule has 37 heavy (non-hydrogen) atoms. The number of carbonyl (C=O) groups excluding carboxylic acids is 2. The SMILES string of the molecule is Cc1cc(F)c(C(=O)N[C@@H]2CN(C(=O)CC(C)C)C[C@@H]2F)cc1-c1cc(C(F)(F)F)c2c(N)ncnn12. The summed E-state index contributed by atoms with van der Waals surface area (Å²) in [7, 11) is 0. The number of amides is 2. The number of nitrogens with one attached hydrogen (secondary N) is 1. The topological polar surface area (TPSA) is 106 Å². The average molecular weight is 524 g/mol. The van der Waals surface area contributed by atoms with Crippen LogP contribution in [0.3, 0.4) is 0 Å². The van der Waals surface area contributed by atoms with Crippen molar-refractivity contribution in [3.05, 3.63) is 47.0 Å². The molecule has 2 amide bonds. The van der Waals surface area contributed by atoms with E-state index in [1.807, 2.05) is 13.8 Å². The molecule has 3 N–H and O–H groups in total. The predicted octanol–water partition coefficient (Wildman–Crippen LogP) is 3.77. The average Bonchev–Trinajstić information content (AvgIpc) is 3.35. The van der Waals surface area contributed by atoms with E-state index in [1.54, 1.807) is 0 Å². The van der Waals surface area contributed by atoms with E-state index in [9.17, 15) is 31.5 Å². The minimum Gasteiger partial charge on any atom is -0.382 e. The first-order valence-corrected chi connectivity index (χ1v) is 11.5. The van der Waals surface area contributed by atoms with Crippen LogP contribution in [-0.2, 0) is 11.0 Å². The third kappa shape index (κ3) is 5.07. The van der Waals surface area contributed by atoms with Gasteiger partial charge in [-0.2, -0.15) is 18.3 Å². The number of fused-ring (bicyclic) bond motifs is 1. The van der Waals surface area contributed by atoms with E-state index in [4.69, 9.17) is 5.73 Å². The molecule has 1 aliphatic rings. The van der Waals surface area contributed by atoms with Crippen molar-refractivity contribution in [3.63, 3.8) is 0 Å². The Hall–Kier alpha value is -3.77. The van der Waals surface area contributed by atoms with Crippen molar-refractivity contribution < 1.29 is 31.5 Å². The molecule has 198 valence electrons. The zero-order valence-electron chi connectivity index (χ0n) is 20.2. The molecule has 1 fully saturated rings. The molecule has 1 saturated heterocycles. The summed E-state index contributed by atoms with van der Waals surface area (Å²) in [5.41, 5.74) is 3.86. The number of carbonyl (C=O) groups is 2. The van der Waals surface area contributed by atoms with Crippen molar-refractivity contribution in [2.45, 2.75) is 45.6 Å². The molecule has 3 heterocycles. The zero-order chi connectivity index (χ0) is 27.2. The van der Waals surface area contributed by atoms with Crippen LogP contribution in [0, 0.1) is 18.7 Å². The van der Waals surface area contributed by atoms with Crippen molar-refractivity contribution in [2.24, 2.45) is 5.92 Å². The van der Waals surface area contributed by atoms with Crippen LogP contribution in [0.25, 0.3) is 16.8 Å². The van der Waals surface area contributed by atoms with Crippen LogP contribution >= 0.6 is 0 Å². The van der Waals surface area contributed by atoms with Crippen molar-refractivity contribution >= 4 is 23.1 Å². The number of nitrogens with two attached hydrogens (primary N) is 1. The highest BCUT2D eigenvalue weighted by molar-refractivity contribution is 5.96. The molecular formula is C24H25F5N6O2. The maximum absolute atomic E-state index is 14.8. The number of aromatic nitrogens is 3. The lowest BCUT2D eigenvalue weighted by Crippen LogP contribution is -2.42. The number of nitrogen functional groups attached to an aromatic ring is 1. The minimum absolute atomic E-state index is 0.0721. The lowest BCUT2D eigenvalue weighted by molar-refractivity contribution is -0.136. The smallest absolute Gasteiger partial charge is 0.382 e. The van der Waals surface area contributed by atoms with Crippen LogP contribution in [0.4, 0.5) is 27.8 Å². The first-order chi connectivity index (χ1) is 17.3. The lowest BCUT2D eigenvalue weighted by atomic mass is 10.0. The van der Waals surface area contributed by atoms with Crippen molar-refractivity contribution in [2.75, 3.05) is 18.8 Å². The van der Waals surface area contributed by atoms with Gasteiger partial charge in [0, 0.05) is 18.5 Å². The predicted molar refractivity (Wildman–Crippen MR) is 125 cm³/mol. The largest absolute Gasteiger partial charge is 0.418 e. The molecule has 0 radical (unpaired) electrons. The fraction of sp³-hybridized carbons (Fsp3) is 0.417. The van der Waals surface area contributed by atoms with Gasteiger partial charge < -0.3 is 16.0 Å². The fourth-order valence-corrected chi connectivity index (χ4v) is 4.43. The van der Waals surface area contributed by atoms with Crippen LogP contribution in [0.5, 0.6) is 0 Å².